The van der Waals surface area contributed by atoms with E-state index >= 15 is 0 Å². The van der Waals surface area contributed by atoms with Gasteiger partial charge in [-0.05, 0) is 42.0 Å². The number of nitrogens with one attached hydrogen (secondary N) is 3. The first-order chi connectivity index (χ1) is 13.9. The van der Waals surface area contributed by atoms with Gasteiger partial charge >= 0.3 is 0 Å². The molecule has 0 aliphatic carbocycles. The molecular formula is C19H15ClF3N5O. The van der Waals surface area contributed by atoms with Crippen LogP contribution in [0.3, 0.4) is 0 Å². The maximum Gasteiger partial charge on any atom is 0.279 e. The number of aromatic amines is 1. The van der Waals surface area contributed by atoms with Gasteiger partial charge < -0.3 is 5.32 Å². The van der Waals surface area contributed by atoms with Crippen molar-refractivity contribution in [3.05, 3.63) is 82.3 Å². The summed E-state index contributed by atoms with van der Waals surface area (Å²) in [6, 6.07) is 13.0. The predicted molar refractivity (Wildman–Crippen MR) is 104 cm³/mol. The summed E-state index contributed by atoms with van der Waals surface area (Å²) in [7, 11) is 0. The zero-order valence-corrected chi connectivity index (χ0v) is 15.6. The average Bonchev–Trinajstić information content (AvgIpc) is 3.15. The Bertz CT molecular complexity index is 1020. The van der Waals surface area contributed by atoms with Crippen LogP contribution in [0.15, 0.2) is 59.6 Å². The van der Waals surface area contributed by atoms with E-state index in [1.54, 1.807) is 24.3 Å². The molecule has 6 nitrogen and oxygen atoms in total. The summed E-state index contributed by atoms with van der Waals surface area (Å²) in [6.07, 6.45) is -2.72. The molecule has 0 bridgehead atoms. The molecule has 10 heteroatoms. The number of guanidine groups is 1. The number of benzene rings is 2. The van der Waals surface area contributed by atoms with E-state index in [0.717, 1.165) is 23.8 Å². The molecule has 0 radical (unpaired) electrons. The van der Waals surface area contributed by atoms with Gasteiger partial charge in [0.15, 0.2) is 5.82 Å². The molecule has 0 atom stereocenters. The fourth-order valence-corrected chi connectivity index (χ4v) is 2.54. The third-order valence-corrected chi connectivity index (χ3v) is 3.96. The van der Waals surface area contributed by atoms with E-state index in [1.807, 2.05) is 0 Å². The van der Waals surface area contributed by atoms with E-state index in [9.17, 15) is 18.0 Å². The minimum atomic E-state index is -2.72. The predicted octanol–water partition coefficient (Wildman–Crippen LogP) is 4.54. The molecule has 1 aromatic heterocycles. The Morgan fingerprint density at radius 3 is 2.59 bits per heavy atom. The normalized spacial score (nSPS) is 11.6. The molecule has 3 rings (SSSR count). The van der Waals surface area contributed by atoms with Crippen LogP contribution in [0.25, 0.3) is 0 Å². The van der Waals surface area contributed by atoms with E-state index in [2.05, 4.69) is 25.8 Å². The number of halogens is 4. The second-order valence-electron chi connectivity index (χ2n) is 5.89. The maximum atomic E-state index is 13.1. The van der Waals surface area contributed by atoms with Crippen LogP contribution in [0.4, 0.5) is 19.0 Å². The fourth-order valence-electron chi connectivity index (χ4n) is 2.33. The lowest BCUT2D eigenvalue weighted by Gasteiger charge is -2.10. The Hall–Kier alpha value is -3.33. The van der Waals surface area contributed by atoms with Crippen LogP contribution in [-0.4, -0.2) is 22.1 Å². The fraction of sp³-hybridized carbons (Fsp3) is 0.105. The lowest BCUT2D eigenvalue weighted by molar-refractivity contribution is 0.0976. The number of carbonyl (C=O) groups is 1. The molecule has 2 aromatic carbocycles. The van der Waals surface area contributed by atoms with Crippen molar-refractivity contribution in [3.8, 4) is 0 Å². The molecule has 0 fully saturated rings. The molecule has 1 heterocycles. The summed E-state index contributed by atoms with van der Waals surface area (Å²) >= 11 is 5.95. The molecule has 0 saturated carbocycles. The second-order valence-corrected chi connectivity index (χ2v) is 6.33. The van der Waals surface area contributed by atoms with Gasteiger partial charge in [-0.1, -0.05) is 23.7 Å². The maximum absolute atomic E-state index is 13.1. The summed E-state index contributed by atoms with van der Waals surface area (Å²) < 4.78 is 38.6. The highest BCUT2D eigenvalue weighted by Gasteiger charge is 2.14. The number of nitrogens with zero attached hydrogens (tertiary/aromatic N) is 2. The van der Waals surface area contributed by atoms with Gasteiger partial charge in [-0.25, -0.2) is 18.2 Å². The third kappa shape index (κ3) is 5.82. The van der Waals surface area contributed by atoms with E-state index in [1.165, 1.54) is 12.1 Å². The number of aliphatic imine (C=N–C) groups is 1. The quantitative estimate of drug-likeness (QED) is 0.418. The van der Waals surface area contributed by atoms with Gasteiger partial charge in [0.05, 0.1) is 6.54 Å². The van der Waals surface area contributed by atoms with E-state index < -0.39 is 18.1 Å². The van der Waals surface area contributed by atoms with Crippen LogP contribution in [0, 0.1) is 5.82 Å². The number of hydrogen-bond acceptors (Lipinski definition) is 3. The number of rotatable bonds is 5. The minimum Gasteiger partial charge on any atom is -0.309 e. The van der Waals surface area contributed by atoms with Crippen LogP contribution in [0.5, 0.6) is 0 Å². The lowest BCUT2D eigenvalue weighted by atomic mass is 10.2. The van der Waals surface area contributed by atoms with Gasteiger partial charge in [0.2, 0.25) is 5.96 Å². The van der Waals surface area contributed by atoms with Crippen molar-refractivity contribution in [3.63, 3.8) is 0 Å². The highest BCUT2D eigenvalue weighted by Crippen LogP contribution is 2.18. The average molecular weight is 422 g/mol. The van der Waals surface area contributed by atoms with Crippen LogP contribution in [0.1, 0.15) is 28.0 Å². The Balaban J connectivity index is 1.80. The smallest absolute Gasteiger partial charge is 0.279 e. The van der Waals surface area contributed by atoms with E-state index in [4.69, 9.17) is 11.6 Å². The van der Waals surface area contributed by atoms with Crippen molar-refractivity contribution in [2.75, 3.05) is 5.32 Å². The van der Waals surface area contributed by atoms with Crippen molar-refractivity contribution in [1.82, 2.24) is 15.5 Å². The number of alkyl halides is 2. The number of hydrogen-bond donors (Lipinski definition) is 3. The van der Waals surface area contributed by atoms with Gasteiger partial charge in [-0.2, -0.15) is 5.10 Å². The van der Waals surface area contributed by atoms with Crippen LogP contribution in [-0.2, 0) is 6.54 Å². The van der Waals surface area contributed by atoms with Crippen molar-refractivity contribution in [2.24, 2.45) is 4.99 Å². The third-order valence-electron chi connectivity index (χ3n) is 3.73. The standard InChI is InChI=1S/C19H15ClF3N5O/c20-13-3-1-2-11(8-13)10-24-19(25-16-9-15(17(22)23)27-28-16)26-18(29)12-4-6-14(21)7-5-12/h1-9,17H,10H2,(H3,24,25,26,27,28,29). The van der Waals surface area contributed by atoms with Gasteiger partial charge in [0.25, 0.3) is 12.3 Å². The molecular weight excluding hydrogens is 407 g/mol. The molecule has 150 valence electrons. The first-order valence-electron chi connectivity index (χ1n) is 8.37. The van der Waals surface area contributed by atoms with Gasteiger partial charge in [0.1, 0.15) is 11.5 Å². The molecule has 0 saturated heterocycles. The number of anilines is 1. The Labute approximate surface area is 168 Å². The molecule has 1 amide bonds. The molecule has 0 aliphatic heterocycles. The zero-order chi connectivity index (χ0) is 20.8. The van der Waals surface area contributed by atoms with E-state index in [-0.39, 0.29) is 29.6 Å². The number of amides is 1. The minimum absolute atomic E-state index is 0.0217. The topological polar surface area (TPSA) is 82.2 Å². The van der Waals surface area contributed by atoms with Gasteiger partial charge in [0, 0.05) is 16.7 Å². The second kappa shape index (κ2) is 9.24. The van der Waals surface area contributed by atoms with Gasteiger partial charge in [-0.15, -0.1) is 0 Å². The first kappa shape index (κ1) is 20.4. The molecule has 0 unspecified atom stereocenters. The molecule has 0 spiro atoms. The number of aromatic nitrogens is 2. The lowest BCUT2D eigenvalue weighted by Crippen LogP contribution is -2.36. The summed E-state index contributed by atoms with van der Waals surface area (Å²) in [5, 5.41) is 11.7. The molecule has 0 aliphatic rings. The SMILES string of the molecule is O=C(NC(=NCc1cccc(Cl)c1)Nc1cc(C(F)F)[nH]n1)c1ccc(F)cc1. The highest BCUT2D eigenvalue weighted by molar-refractivity contribution is 6.30. The monoisotopic (exact) mass is 421 g/mol. The summed E-state index contributed by atoms with van der Waals surface area (Å²) in [5.41, 5.74) is 0.577. The van der Waals surface area contributed by atoms with Crippen molar-refractivity contribution < 1.29 is 18.0 Å². The highest BCUT2D eigenvalue weighted by atomic mass is 35.5. The Morgan fingerprint density at radius 1 is 1.17 bits per heavy atom. The van der Waals surface area contributed by atoms with Crippen LogP contribution in [0.2, 0.25) is 5.02 Å². The first-order valence-corrected chi connectivity index (χ1v) is 8.75. The summed E-state index contributed by atoms with van der Waals surface area (Å²) in [5.74, 6) is -1.02. The van der Waals surface area contributed by atoms with E-state index in [0.29, 0.717) is 5.02 Å². The van der Waals surface area contributed by atoms with Crippen molar-refractivity contribution >= 4 is 29.3 Å². The molecule has 29 heavy (non-hydrogen) atoms. The van der Waals surface area contributed by atoms with Crippen molar-refractivity contribution in [2.45, 2.75) is 13.0 Å². The Morgan fingerprint density at radius 2 is 1.93 bits per heavy atom. The molecule has 3 N–H and O–H groups in total. The Kier molecular flexibility index (Phi) is 6.50. The largest absolute Gasteiger partial charge is 0.309 e. The molecule has 3 aromatic rings. The number of carbonyl (C=O) groups excluding carboxylic acids is 1. The van der Waals surface area contributed by atoms with Crippen molar-refractivity contribution in [1.29, 1.82) is 0 Å². The zero-order valence-electron chi connectivity index (χ0n) is 14.8. The summed E-state index contributed by atoms with van der Waals surface area (Å²) in [4.78, 5) is 16.7. The van der Waals surface area contributed by atoms with Gasteiger partial charge in [-0.3, -0.25) is 15.2 Å². The van der Waals surface area contributed by atoms with Crippen LogP contribution < -0.4 is 10.6 Å². The number of H-pyrrole nitrogens is 1. The van der Waals surface area contributed by atoms with Crippen LogP contribution >= 0.6 is 11.6 Å². The summed E-state index contributed by atoms with van der Waals surface area (Å²) in [6.45, 7) is 0.152.